The summed E-state index contributed by atoms with van der Waals surface area (Å²) in [6.07, 6.45) is 8.02. The van der Waals surface area contributed by atoms with Crippen LogP contribution in [0.5, 0.6) is 5.75 Å². The van der Waals surface area contributed by atoms with Crippen molar-refractivity contribution in [2.45, 2.75) is 39.2 Å². The van der Waals surface area contributed by atoms with Gasteiger partial charge in [0.15, 0.2) is 0 Å². The van der Waals surface area contributed by atoms with E-state index in [0.29, 0.717) is 0 Å². The fourth-order valence-electron chi connectivity index (χ4n) is 3.56. The van der Waals surface area contributed by atoms with Crippen molar-refractivity contribution in [2.24, 2.45) is 0 Å². The third-order valence-corrected chi connectivity index (χ3v) is 5.32. The first-order valence-electron chi connectivity index (χ1n) is 9.67. The van der Waals surface area contributed by atoms with Gasteiger partial charge in [0.2, 0.25) is 0 Å². The first-order valence-corrected chi connectivity index (χ1v) is 9.67. The maximum atomic E-state index is 5.92. The van der Waals surface area contributed by atoms with Crippen LogP contribution in [0.4, 0.5) is 0 Å². The number of aromatic nitrogens is 2. The molecule has 2 aliphatic heterocycles. The second-order valence-electron chi connectivity index (χ2n) is 7.16. The highest BCUT2D eigenvalue weighted by Crippen LogP contribution is 2.32. The lowest BCUT2D eigenvalue weighted by Gasteiger charge is -2.50. The van der Waals surface area contributed by atoms with Gasteiger partial charge in [0.05, 0.1) is 12.3 Å². The molecule has 0 spiro atoms. The zero-order valence-corrected chi connectivity index (χ0v) is 15.7. The third-order valence-electron chi connectivity index (χ3n) is 5.32. The van der Waals surface area contributed by atoms with Crippen molar-refractivity contribution >= 4 is 5.65 Å². The molecule has 136 valence electrons. The zero-order chi connectivity index (χ0) is 17.9. The van der Waals surface area contributed by atoms with Gasteiger partial charge >= 0.3 is 0 Å². The van der Waals surface area contributed by atoms with Crippen molar-refractivity contribution in [1.29, 1.82) is 0 Å². The van der Waals surface area contributed by atoms with Gasteiger partial charge in [-0.25, -0.2) is 4.98 Å². The normalized spacial score (nSPS) is 16.2. The molecule has 3 aromatic rings. The average molecular weight is 349 g/mol. The second kappa shape index (κ2) is 7.50. The van der Waals surface area contributed by atoms with Crippen LogP contribution < -0.4 is 4.74 Å². The molecule has 2 fully saturated rings. The predicted molar refractivity (Wildman–Crippen MR) is 106 cm³/mol. The topological polar surface area (TPSA) is 29.8 Å². The van der Waals surface area contributed by atoms with E-state index in [1.807, 2.05) is 41.1 Å². The molecule has 4 nitrogen and oxygen atoms in total. The Morgan fingerprint density at radius 1 is 1.12 bits per heavy atom. The van der Waals surface area contributed by atoms with Crippen molar-refractivity contribution in [2.75, 3.05) is 19.7 Å². The van der Waals surface area contributed by atoms with Gasteiger partial charge in [-0.15, -0.1) is 0 Å². The largest absolute Gasteiger partial charge is 0.493 e. The SMILES string of the molecule is C1CN2CCC12.CCCOc1c(C)cccc1-c1cn2ccccc2n1. The average Bonchev–Trinajstić information content (AvgIpc) is 3.08. The first kappa shape index (κ1) is 17.1. The summed E-state index contributed by atoms with van der Waals surface area (Å²) in [4.78, 5) is 7.20. The van der Waals surface area contributed by atoms with E-state index in [1.54, 1.807) is 0 Å². The monoisotopic (exact) mass is 349 g/mol. The molecule has 0 N–H and O–H groups in total. The number of piperidine rings is 1. The van der Waals surface area contributed by atoms with Crippen molar-refractivity contribution in [3.05, 3.63) is 54.4 Å². The van der Waals surface area contributed by atoms with E-state index in [-0.39, 0.29) is 0 Å². The highest BCUT2D eigenvalue weighted by atomic mass is 16.5. The van der Waals surface area contributed by atoms with Gasteiger partial charge < -0.3 is 14.0 Å². The fraction of sp³-hybridized carbons (Fsp3) is 0.409. The van der Waals surface area contributed by atoms with E-state index in [0.717, 1.165) is 47.3 Å². The van der Waals surface area contributed by atoms with E-state index >= 15 is 0 Å². The Balaban J connectivity index is 0.000000233. The molecular formula is C22H27N3O. The number of benzene rings is 1. The molecule has 26 heavy (non-hydrogen) atoms. The van der Waals surface area contributed by atoms with E-state index in [4.69, 9.17) is 4.74 Å². The van der Waals surface area contributed by atoms with Gasteiger partial charge in [0.1, 0.15) is 11.4 Å². The Bertz CT molecular complexity index is 835. The molecule has 0 radical (unpaired) electrons. The number of pyridine rings is 1. The number of hydrogen-bond donors (Lipinski definition) is 0. The van der Waals surface area contributed by atoms with Gasteiger partial charge in [-0.1, -0.05) is 25.1 Å². The van der Waals surface area contributed by atoms with Crippen molar-refractivity contribution < 1.29 is 4.74 Å². The molecule has 2 saturated heterocycles. The molecule has 0 atom stereocenters. The van der Waals surface area contributed by atoms with Crippen molar-refractivity contribution in [3.63, 3.8) is 0 Å². The Morgan fingerprint density at radius 2 is 1.92 bits per heavy atom. The molecule has 0 unspecified atom stereocenters. The maximum absolute atomic E-state index is 5.92. The number of ether oxygens (including phenoxy) is 1. The summed E-state index contributed by atoms with van der Waals surface area (Å²) in [5.74, 6) is 0.942. The Labute approximate surface area is 155 Å². The first-order chi connectivity index (χ1) is 12.8. The number of imidazole rings is 1. The number of aryl methyl sites for hydroxylation is 1. The molecule has 2 aliphatic rings. The van der Waals surface area contributed by atoms with Crippen LogP contribution in [0.15, 0.2) is 48.8 Å². The van der Waals surface area contributed by atoms with E-state index < -0.39 is 0 Å². The molecule has 4 heterocycles. The van der Waals surface area contributed by atoms with Crippen LogP contribution in [0.2, 0.25) is 0 Å². The number of para-hydroxylation sites is 1. The van der Waals surface area contributed by atoms with Gasteiger partial charge in [0, 0.05) is 24.0 Å². The van der Waals surface area contributed by atoms with Gasteiger partial charge in [0.25, 0.3) is 0 Å². The predicted octanol–water partition coefficient (Wildman–Crippen LogP) is 4.56. The third kappa shape index (κ3) is 3.34. The minimum atomic E-state index is 0.727. The van der Waals surface area contributed by atoms with Crippen LogP contribution in [0.3, 0.4) is 0 Å². The van der Waals surface area contributed by atoms with Crippen molar-refractivity contribution in [3.8, 4) is 17.0 Å². The minimum absolute atomic E-state index is 0.727. The smallest absolute Gasteiger partial charge is 0.137 e. The minimum Gasteiger partial charge on any atom is -0.493 e. The fourth-order valence-corrected chi connectivity index (χ4v) is 3.56. The number of nitrogens with zero attached hydrogens (tertiary/aromatic N) is 3. The summed E-state index contributed by atoms with van der Waals surface area (Å²) in [5, 5.41) is 0. The Hall–Kier alpha value is -2.33. The molecule has 0 amide bonds. The molecule has 4 heteroatoms. The lowest BCUT2D eigenvalue weighted by atomic mass is 9.91. The number of fused-ring (bicyclic) bond motifs is 2. The molecule has 0 aliphatic carbocycles. The van der Waals surface area contributed by atoms with Gasteiger partial charge in [-0.3, -0.25) is 0 Å². The van der Waals surface area contributed by atoms with Crippen molar-refractivity contribution in [1.82, 2.24) is 14.3 Å². The molecule has 2 aromatic heterocycles. The highest BCUT2D eigenvalue weighted by molar-refractivity contribution is 5.70. The lowest BCUT2D eigenvalue weighted by molar-refractivity contribution is -0.00222. The van der Waals surface area contributed by atoms with E-state index in [9.17, 15) is 0 Å². The number of hydrogen-bond acceptors (Lipinski definition) is 3. The van der Waals surface area contributed by atoms with Crippen LogP contribution in [0, 0.1) is 6.92 Å². The summed E-state index contributed by atoms with van der Waals surface area (Å²) >= 11 is 0. The number of rotatable bonds is 4. The molecule has 0 saturated carbocycles. The molecule has 0 bridgehead atoms. The van der Waals surface area contributed by atoms with Crippen LogP contribution in [0.25, 0.3) is 16.9 Å². The summed E-state index contributed by atoms with van der Waals surface area (Å²) in [5.41, 5.74) is 4.10. The quantitative estimate of drug-likeness (QED) is 0.691. The van der Waals surface area contributed by atoms with E-state index in [2.05, 4.69) is 35.9 Å². The molecule has 1 aromatic carbocycles. The highest BCUT2D eigenvalue weighted by Gasteiger charge is 2.34. The summed E-state index contributed by atoms with van der Waals surface area (Å²) < 4.78 is 7.95. The summed E-state index contributed by atoms with van der Waals surface area (Å²) in [7, 11) is 0. The van der Waals surface area contributed by atoms with Crippen LogP contribution in [-0.4, -0.2) is 40.0 Å². The van der Waals surface area contributed by atoms with Gasteiger partial charge in [-0.05, 0) is 63.0 Å². The summed E-state index contributed by atoms with van der Waals surface area (Å²) in [6.45, 7) is 7.70. The Kier molecular flexibility index (Phi) is 4.93. The van der Waals surface area contributed by atoms with Crippen LogP contribution in [0.1, 0.15) is 31.7 Å². The maximum Gasteiger partial charge on any atom is 0.137 e. The zero-order valence-electron chi connectivity index (χ0n) is 15.7. The molecular weight excluding hydrogens is 322 g/mol. The lowest BCUT2D eigenvalue weighted by Crippen LogP contribution is -2.57. The van der Waals surface area contributed by atoms with Crippen LogP contribution in [-0.2, 0) is 0 Å². The second-order valence-corrected chi connectivity index (χ2v) is 7.16. The Morgan fingerprint density at radius 3 is 2.54 bits per heavy atom. The standard InChI is InChI=1S/C17H18N2O.C5H9N/c1-3-11-20-17-13(2)7-6-8-14(17)15-12-19-10-5-4-9-16(19)18-15;1-3-6-4-2-5(1)6/h4-10,12H,3,11H2,1-2H3;5H,1-4H2. The van der Waals surface area contributed by atoms with E-state index in [1.165, 1.54) is 25.9 Å². The molecule has 5 rings (SSSR count). The van der Waals surface area contributed by atoms with Crippen LogP contribution >= 0.6 is 0 Å². The summed E-state index contributed by atoms with van der Waals surface area (Å²) in [6, 6.07) is 13.2. The van der Waals surface area contributed by atoms with Gasteiger partial charge in [-0.2, -0.15) is 0 Å².